The molecule has 158 valence electrons. The van der Waals surface area contributed by atoms with E-state index >= 15 is 0 Å². The zero-order valence-corrected chi connectivity index (χ0v) is 17.9. The predicted octanol–water partition coefficient (Wildman–Crippen LogP) is 7.55. The quantitative estimate of drug-likeness (QED) is 0.165. The molecule has 0 saturated carbocycles. The fourth-order valence-electron chi connectivity index (χ4n) is 3.59. The van der Waals surface area contributed by atoms with Crippen LogP contribution in [0.3, 0.4) is 0 Å². The molecule has 28 heavy (non-hydrogen) atoms. The SMILES string of the molecule is CCCCCCCC/C=C\CCCCCCCCc1cc(N)ccc1C(=O)O. The van der Waals surface area contributed by atoms with Crippen LogP contribution in [0, 0.1) is 0 Å². The highest BCUT2D eigenvalue weighted by Gasteiger charge is 2.09. The van der Waals surface area contributed by atoms with Gasteiger partial charge in [0.1, 0.15) is 0 Å². The molecule has 0 fully saturated rings. The molecule has 0 aromatic heterocycles. The summed E-state index contributed by atoms with van der Waals surface area (Å²) in [5.41, 5.74) is 7.69. The van der Waals surface area contributed by atoms with E-state index in [1.165, 1.54) is 77.0 Å². The van der Waals surface area contributed by atoms with E-state index in [1.54, 1.807) is 18.2 Å². The lowest BCUT2D eigenvalue weighted by Crippen LogP contribution is -2.03. The van der Waals surface area contributed by atoms with Crippen molar-refractivity contribution in [2.45, 2.75) is 103 Å². The van der Waals surface area contributed by atoms with Crippen LogP contribution >= 0.6 is 0 Å². The second-order valence-corrected chi connectivity index (χ2v) is 7.91. The normalized spacial score (nSPS) is 11.3. The Hall–Kier alpha value is -1.77. The topological polar surface area (TPSA) is 63.3 Å². The van der Waals surface area contributed by atoms with Crippen LogP contribution in [-0.2, 0) is 6.42 Å². The number of hydrogen-bond donors (Lipinski definition) is 2. The fraction of sp³-hybridized carbons (Fsp3) is 0.640. The number of rotatable bonds is 17. The molecule has 0 saturated heterocycles. The molecule has 3 heteroatoms. The predicted molar refractivity (Wildman–Crippen MR) is 121 cm³/mol. The molecule has 0 radical (unpaired) electrons. The first kappa shape index (κ1) is 24.3. The molecule has 1 aromatic carbocycles. The van der Waals surface area contributed by atoms with E-state index in [2.05, 4.69) is 19.1 Å². The summed E-state index contributed by atoms with van der Waals surface area (Å²) in [6.07, 6.45) is 23.5. The number of nitrogen functional groups attached to an aromatic ring is 1. The maximum Gasteiger partial charge on any atom is 0.335 e. The summed E-state index contributed by atoms with van der Waals surface area (Å²) in [5.74, 6) is -0.862. The van der Waals surface area contributed by atoms with Crippen molar-refractivity contribution in [1.82, 2.24) is 0 Å². The number of benzene rings is 1. The Morgan fingerprint density at radius 3 is 1.96 bits per heavy atom. The van der Waals surface area contributed by atoms with Gasteiger partial charge in [-0.3, -0.25) is 0 Å². The molecule has 0 spiro atoms. The molecule has 0 bridgehead atoms. The number of hydrogen-bond acceptors (Lipinski definition) is 2. The van der Waals surface area contributed by atoms with Crippen LogP contribution in [0.25, 0.3) is 0 Å². The Kier molecular flexibility index (Phi) is 14.0. The second kappa shape index (κ2) is 16.2. The van der Waals surface area contributed by atoms with E-state index in [9.17, 15) is 9.90 Å². The van der Waals surface area contributed by atoms with Gasteiger partial charge in [-0.05, 0) is 62.3 Å². The van der Waals surface area contributed by atoms with E-state index in [-0.39, 0.29) is 0 Å². The molecule has 1 aromatic rings. The first-order valence-electron chi connectivity index (χ1n) is 11.4. The summed E-state index contributed by atoms with van der Waals surface area (Å²) in [6.45, 7) is 2.26. The summed E-state index contributed by atoms with van der Waals surface area (Å²) in [5, 5.41) is 9.25. The summed E-state index contributed by atoms with van der Waals surface area (Å²) in [7, 11) is 0. The lowest BCUT2D eigenvalue weighted by Gasteiger charge is -2.07. The van der Waals surface area contributed by atoms with Gasteiger partial charge in [0, 0.05) is 5.69 Å². The summed E-state index contributed by atoms with van der Waals surface area (Å²) < 4.78 is 0. The van der Waals surface area contributed by atoms with E-state index in [0.29, 0.717) is 11.3 Å². The highest BCUT2D eigenvalue weighted by molar-refractivity contribution is 5.89. The number of unbranched alkanes of at least 4 members (excludes halogenated alkanes) is 12. The molecule has 0 unspecified atom stereocenters. The van der Waals surface area contributed by atoms with Crippen LogP contribution in [0.5, 0.6) is 0 Å². The van der Waals surface area contributed by atoms with Gasteiger partial charge in [-0.1, -0.05) is 76.9 Å². The molecule has 0 aliphatic heterocycles. The zero-order chi connectivity index (χ0) is 20.5. The van der Waals surface area contributed by atoms with Crippen molar-refractivity contribution in [2.24, 2.45) is 0 Å². The third-order valence-electron chi connectivity index (χ3n) is 5.32. The number of aromatic carboxylic acids is 1. The van der Waals surface area contributed by atoms with Crippen molar-refractivity contribution in [3.63, 3.8) is 0 Å². The third-order valence-corrected chi connectivity index (χ3v) is 5.32. The number of carboxylic acids is 1. The molecular formula is C25H41NO2. The maximum atomic E-state index is 11.3. The first-order valence-corrected chi connectivity index (χ1v) is 11.4. The van der Waals surface area contributed by atoms with Crippen LogP contribution in [0.15, 0.2) is 30.4 Å². The van der Waals surface area contributed by atoms with Gasteiger partial charge in [0.2, 0.25) is 0 Å². The van der Waals surface area contributed by atoms with Crippen molar-refractivity contribution < 1.29 is 9.90 Å². The highest BCUT2D eigenvalue weighted by Crippen LogP contribution is 2.18. The van der Waals surface area contributed by atoms with Gasteiger partial charge in [0.05, 0.1) is 5.56 Å². The van der Waals surface area contributed by atoms with Crippen molar-refractivity contribution in [1.29, 1.82) is 0 Å². The van der Waals surface area contributed by atoms with Crippen LogP contribution in [0.4, 0.5) is 5.69 Å². The molecule has 0 heterocycles. The lowest BCUT2D eigenvalue weighted by atomic mass is 9.99. The van der Waals surface area contributed by atoms with Crippen molar-refractivity contribution >= 4 is 11.7 Å². The number of nitrogens with two attached hydrogens (primary N) is 1. The van der Waals surface area contributed by atoms with Crippen LogP contribution in [0.1, 0.15) is 113 Å². The van der Waals surface area contributed by atoms with Gasteiger partial charge in [-0.15, -0.1) is 0 Å². The number of carbonyl (C=O) groups is 1. The Morgan fingerprint density at radius 1 is 0.857 bits per heavy atom. The molecule has 0 atom stereocenters. The average Bonchev–Trinajstić information content (AvgIpc) is 2.67. The summed E-state index contributed by atoms with van der Waals surface area (Å²) >= 11 is 0. The minimum atomic E-state index is -0.862. The first-order chi connectivity index (χ1) is 13.6. The van der Waals surface area contributed by atoms with Gasteiger partial charge >= 0.3 is 5.97 Å². The maximum absolute atomic E-state index is 11.3. The largest absolute Gasteiger partial charge is 0.478 e. The monoisotopic (exact) mass is 387 g/mol. The molecule has 3 N–H and O–H groups in total. The smallest absolute Gasteiger partial charge is 0.335 e. The van der Waals surface area contributed by atoms with Crippen molar-refractivity contribution in [3.8, 4) is 0 Å². The molecule has 3 nitrogen and oxygen atoms in total. The molecule has 0 aliphatic carbocycles. The van der Waals surface area contributed by atoms with E-state index < -0.39 is 5.97 Å². The molecule has 0 amide bonds. The Bertz CT molecular complexity index is 566. The Morgan fingerprint density at radius 2 is 1.39 bits per heavy atom. The number of allylic oxidation sites excluding steroid dienone is 2. The van der Waals surface area contributed by atoms with Gasteiger partial charge in [-0.25, -0.2) is 4.79 Å². The minimum Gasteiger partial charge on any atom is -0.478 e. The summed E-state index contributed by atoms with van der Waals surface area (Å²) in [4.78, 5) is 11.3. The Balaban J connectivity index is 1.96. The molecule has 0 aliphatic rings. The lowest BCUT2D eigenvalue weighted by molar-refractivity contribution is 0.0695. The van der Waals surface area contributed by atoms with Crippen molar-refractivity contribution in [2.75, 3.05) is 5.73 Å². The number of aryl methyl sites for hydroxylation is 1. The summed E-state index contributed by atoms with van der Waals surface area (Å²) in [6, 6.07) is 5.09. The third kappa shape index (κ3) is 11.8. The number of carboxylic acid groups (broad SMARTS) is 1. The average molecular weight is 388 g/mol. The Labute approximate surface area is 172 Å². The van der Waals surface area contributed by atoms with Gasteiger partial charge in [0.15, 0.2) is 0 Å². The molecular weight excluding hydrogens is 346 g/mol. The van der Waals surface area contributed by atoms with Crippen LogP contribution in [-0.4, -0.2) is 11.1 Å². The van der Waals surface area contributed by atoms with Gasteiger partial charge in [-0.2, -0.15) is 0 Å². The van der Waals surface area contributed by atoms with Gasteiger partial charge < -0.3 is 10.8 Å². The second-order valence-electron chi connectivity index (χ2n) is 7.91. The van der Waals surface area contributed by atoms with E-state index in [0.717, 1.165) is 24.8 Å². The molecule has 1 rings (SSSR count). The fourth-order valence-corrected chi connectivity index (χ4v) is 3.59. The van der Waals surface area contributed by atoms with E-state index in [1.807, 2.05) is 0 Å². The highest BCUT2D eigenvalue weighted by atomic mass is 16.4. The van der Waals surface area contributed by atoms with Crippen LogP contribution in [0.2, 0.25) is 0 Å². The van der Waals surface area contributed by atoms with Crippen LogP contribution < -0.4 is 5.73 Å². The zero-order valence-electron chi connectivity index (χ0n) is 17.9. The van der Waals surface area contributed by atoms with Crippen molar-refractivity contribution in [3.05, 3.63) is 41.5 Å². The van der Waals surface area contributed by atoms with Gasteiger partial charge in [0.25, 0.3) is 0 Å². The standard InChI is InChI=1S/C25H41NO2/c1-2-3-4-5-6-7-8-9-10-11-12-13-14-15-16-17-18-22-21-23(26)19-20-24(22)25(27)28/h9-10,19-21H,2-8,11-18,26H2,1H3,(H,27,28)/b10-9-. The van der Waals surface area contributed by atoms with E-state index in [4.69, 9.17) is 5.73 Å². The minimum absolute atomic E-state index is 0.391. The number of anilines is 1.